The van der Waals surface area contributed by atoms with Crippen molar-refractivity contribution in [1.82, 2.24) is 15.4 Å². The Balaban J connectivity index is 0.00000199. The lowest BCUT2D eigenvalue weighted by molar-refractivity contribution is -0.150. The number of rotatable bonds is 9. The number of anilines is 2. The molecule has 1 fully saturated rings. The summed E-state index contributed by atoms with van der Waals surface area (Å²) >= 11 is 0. The summed E-state index contributed by atoms with van der Waals surface area (Å²) < 4.78 is 43.3. The predicted octanol–water partition coefficient (Wildman–Crippen LogP) is 5.56. The second-order valence-corrected chi connectivity index (χ2v) is 7.91. The fourth-order valence-corrected chi connectivity index (χ4v) is 3.37. The highest BCUT2D eigenvalue weighted by atomic mass is 19.4. The van der Waals surface area contributed by atoms with Crippen molar-refractivity contribution < 1.29 is 17.9 Å². The molecule has 0 spiro atoms. The standard InChI is InChI=1S/C22H27F3N6O.C2H6/c1-14(10-26)19-8-7-18(32-3)9-20(19)31(17-5-4-6-17)13-21-27-11-16(12-28-21)30-29-15(2)22(23,24)25;1-2/h7-9,11-12,14-15,17,29-30H,4-6,13H2,1-3H3;1-2H3/t14?,15-;/m1./s1. The maximum absolute atomic E-state index is 12.6. The van der Waals surface area contributed by atoms with E-state index >= 15 is 0 Å². The summed E-state index contributed by atoms with van der Waals surface area (Å²) in [5.74, 6) is 0.931. The molecule has 0 amide bonds. The number of alkyl halides is 3. The summed E-state index contributed by atoms with van der Waals surface area (Å²) in [6, 6.07) is 6.56. The van der Waals surface area contributed by atoms with Gasteiger partial charge in [-0.3, -0.25) is 0 Å². The number of methoxy groups -OCH3 is 1. The molecule has 2 atom stereocenters. The Hall–Kier alpha value is -3.06. The largest absolute Gasteiger partial charge is 0.497 e. The Bertz CT molecular complexity index is 941. The number of nitrogens with one attached hydrogen (secondary N) is 2. The summed E-state index contributed by atoms with van der Waals surface area (Å²) in [5.41, 5.74) is 6.84. The zero-order valence-corrected chi connectivity index (χ0v) is 20.3. The normalized spacial score (nSPS) is 15.1. The quantitative estimate of drug-likeness (QED) is 0.456. The molecule has 0 aliphatic heterocycles. The lowest BCUT2D eigenvalue weighted by Crippen LogP contribution is -2.42. The molecular weight excluding hydrogens is 445 g/mol. The van der Waals surface area contributed by atoms with Crippen molar-refractivity contribution in [2.24, 2.45) is 0 Å². The van der Waals surface area contributed by atoms with Crippen molar-refractivity contribution in [3.05, 3.63) is 42.0 Å². The number of ether oxygens (including phenoxy) is 1. The number of hydrazine groups is 1. The monoisotopic (exact) mass is 478 g/mol. The van der Waals surface area contributed by atoms with Gasteiger partial charge < -0.3 is 15.1 Å². The highest BCUT2D eigenvalue weighted by Gasteiger charge is 2.35. The van der Waals surface area contributed by atoms with Crippen LogP contribution in [0.3, 0.4) is 0 Å². The zero-order valence-electron chi connectivity index (χ0n) is 20.3. The molecule has 0 saturated heterocycles. The average Bonchev–Trinajstić information content (AvgIpc) is 2.81. The van der Waals surface area contributed by atoms with Crippen LogP contribution in [0.25, 0.3) is 0 Å². The van der Waals surface area contributed by atoms with Gasteiger partial charge >= 0.3 is 6.18 Å². The van der Waals surface area contributed by atoms with Gasteiger partial charge in [0.05, 0.1) is 43.7 Å². The van der Waals surface area contributed by atoms with E-state index in [1.54, 1.807) is 7.11 Å². The van der Waals surface area contributed by atoms with Gasteiger partial charge in [-0.05, 0) is 44.7 Å². The maximum Gasteiger partial charge on any atom is 0.405 e. The van der Waals surface area contributed by atoms with Gasteiger partial charge in [-0.2, -0.15) is 18.4 Å². The van der Waals surface area contributed by atoms with Gasteiger partial charge in [0.2, 0.25) is 0 Å². The number of hydrogen-bond donors (Lipinski definition) is 2. The number of hydrogen-bond acceptors (Lipinski definition) is 7. The SMILES string of the molecule is CC.COc1ccc(C(C)C#N)c(N(Cc2ncc(NN[C@H](C)C(F)(F)F)cn2)C2CCC2)c1. The molecule has 2 aromatic rings. The van der Waals surface area contributed by atoms with Crippen LogP contribution < -0.4 is 20.5 Å². The molecule has 1 saturated carbocycles. The Labute approximate surface area is 199 Å². The molecular formula is C24H33F3N6O. The van der Waals surface area contributed by atoms with Gasteiger partial charge in [-0.1, -0.05) is 19.9 Å². The van der Waals surface area contributed by atoms with Crippen molar-refractivity contribution in [2.45, 2.75) is 77.7 Å². The summed E-state index contributed by atoms with van der Waals surface area (Å²) in [6.45, 7) is 7.29. The molecule has 34 heavy (non-hydrogen) atoms. The van der Waals surface area contributed by atoms with E-state index in [-0.39, 0.29) is 5.92 Å². The molecule has 186 valence electrons. The molecule has 10 heteroatoms. The Morgan fingerprint density at radius 3 is 2.35 bits per heavy atom. The van der Waals surface area contributed by atoms with E-state index < -0.39 is 12.2 Å². The molecule has 1 aliphatic carbocycles. The Morgan fingerprint density at radius 2 is 1.85 bits per heavy atom. The molecule has 1 aromatic heterocycles. The fraction of sp³-hybridized carbons (Fsp3) is 0.542. The third kappa shape index (κ3) is 6.97. The molecule has 1 heterocycles. The van der Waals surface area contributed by atoms with Crippen LogP contribution in [-0.2, 0) is 6.54 Å². The fourth-order valence-electron chi connectivity index (χ4n) is 3.37. The van der Waals surface area contributed by atoms with E-state index in [1.165, 1.54) is 12.4 Å². The zero-order chi connectivity index (χ0) is 25.3. The summed E-state index contributed by atoms with van der Waals surface area (Å²) in [7, 11) is 1.60. The van der Waals surface area contributed by atoms with Crippen LogP contribution in [0.15, 0.2) is 30.6 Å². The second-order valence-electron chi connectivity index (χ2n) is 7.91. The topological polar surface area (TPSA) is 86.1 Å². The third-order valence-electron chi connectivity index (χ3n) is 5.66. The molecule has 3 rings (SSSR count). The minimum atomic E-state index is -4.36. The predicted molar refractivity (Wildman–Crippen MR) is 126 cm³/mol. The smallest absolute Gasteiger partial charge is 0.405 e. The van der Waals surface area contributed by atoms with Crippen molar-refractivity contribution in [2.75, 3.05) is 17.4 Å². The Morgan fingerprint density at radius 1 is 1.21 bits per heavy atom. The lowest BCUT2D eigenvalue weighted by Gasteiger charge is -2.40. The first-order valence-corrected chi connectivity index (χ1v) is 11.5. The number of benzene rings is 1. The number of nitrogens with zero attached hydrogens (tertiary/aromatic N) is 4. The van der Waals surface area contributed by atoms with Crippen LogP contribution in [-0.4, -0.2) is 35.3 Å². The first kappa shape index (κ1) is 27.2. The van der Waals surface area contributed by atoms with Gasteiger partial charge in [0.1, 0.15) is 17.6 Å². The first-order valence-electron chi connectivity index (χ1n) is 11.5. The molecule has 0 radical (unpaired) electrons. The van der Waals surface area contributed by atoms with Crippen LogP contribution >= 0.6 is 0 Å². The van der Waals surface area contributed by atoms with Crippen LogP contribution in [0.2, 0.25) is 0 Å². The third-order valence-corrected chi connectivity index (χ3v) is 5.66. The summed E-state index contributed by atoms with van der Waals surface area (Å²) in [6.07, 6.45) is 1.71. The molecule has 0 bridgehead atoms. The van der Waals surface area contributed by atoms with E-state index in [1.807, 2.05) is 39.0 Å². The molecule has 1 unspecified atom stereocenters. The van der Waals surface area contributed by atoms with Gasteiger partial charge in [-0.15, -0.1) is 0 Å². The van der Waals surface area contributed by atoms with Gasteiger partial charge in [-0.25, -0.2) is 15.4 Å². The van der Waals surface area contributed by atoms with Crippen molar-refractivity contribution >= 4 is 11.4 Å². The minimum absolute atomic E-state index is 0.294. The average molecular weight is 479 g/mol. The van der Waals surface area contributed by atoms with E-state index in [4.69, 9.17) is 4.74 Å². The minimum Gasteiger partial charge on any atom is -0.497 e. The molecule has 2 N–H and O–H groups in total. The van der Waals surface area contributed by atoms with E-state index in [0.717, 1.165) is 37.4 Å². The van der Waals surface area contributed by atoms with Crippen LogP contribution in [0.4, 0.5) is 24.5 Å². The van der Waals surface area contributed by atoms with Crippen LogP contribution in [0.5, 0.6) is 5.75 Å². The molecule has 1 aliphatic rings. The molecule has 1 aromatic carbocycles. The van der Waals surface area contributed by atoms with Crippen LogP contribution in [0, 0.1) is 11.3 Å². The van der Waals surface area contributed by atoms with Crippen molar-refractivity contribution in [1.29, 1.82) is 5.26 Å². The van der Waals surface area contributed by atoms with Crippen molar-refractivity contribution in [3.63, 3.8) is 0 Å². The summed E-state index contributed by atoms with van der Waals surface area (Å²) in [5, 5.41) is 9.48. The highest BCUT2D eigenvalue weighted by molar-refractivity contribution is 5.60. The van der Waals surface area contributed by atoms with E-state index in [0.29, 0.717) is 29.8 Å². The number of aromatic nitrogens is 2. The number of nitriles is 1. The highest BCUT2D eigenvalue weighted by Crippen LogP contribution is 2.37. The summed E-state index contributed by atoms with van der Waals surface area (Å²) in [4.78, 5) is 10.9. The van der Waals surface area contributed by atoms with Crippen molar-refractivity contribution in [3.8, 4) is 11.8 Å². The lowest BCUT2D eigenvalue weighted by atomic mass is 9.89. The Kier molecular flexibility index (Phi) is 9.93. The number of halogens is 3. The van der Waals surface area contributed by atoms with Gasteiger partial charge in [0.25, 0.3) is 0 Å². The van der Waals surface area contributed by atoms with Gasteiger partial charge in [0.15, 0.2) is 0 Å². The second kappa shape index (κ2) is 12.4. The van der Waals surface area contributed by atoms with Crippen LogP contribution in [0.1, 0.15) is 64.3 Å². The maximum atomic E-state index is 12.6. The van der Waals surface area contributed by atoms with E-state index in [2.05, 4.69) is 31.8 Å². The molecule has 7 nitrogen and oxygen atoms in total. The van der Waals surface area contributed by atoms with E-state index in [9.17, 15) is 18.4 Å². The van der Waals surface area contributed by atoms with Gasteiger partial charge in [0, 0.05) is 17.8 Å². The first-order chi connectivity index (χ1) is 16.2.